The van der Waals surface area contributed by atoms with Crippen LogP contribution in [0.1, 0.15) is 36.8 Å². The lowest BCUT2D eigenvalue weighted by molar-refractivity contribution is -0.139. The summed E-state index contributed by atoms with van der Waals surface area (Å²) >= 11 is 0. The van der Waals surface area contributed by atoms with Crippen LogP contribution in [-0.4, -0.2) is 16.1 Å². The molecule has 1 N–H and O–H groups in total. The quantitative estimate of drug-likeness (QED) is 0.823. The van der Waals surface area contributed by atoms with Crippen LogP contribution >= 0.6 is 0 Å². The van der Waals surface area contributed by atoms with E-state index in [-0.39, 0.29) is 11.8 Å². The smallest absolute Gasteiger partial charge is 0.304 e. The van der Waals surface area contributed by atoms with Gasteiger partial charge in [-0.25, -0.2) is 0 Å². The van der Waals surface area contributed by atoms with Crippen molar-refractivity contribution in [3.05, 3.63) is 29.6 Å². The summed E-state index contributed by atoms with van der Waals surface area (Å²) in [6.07, 6.45) is 6.93. The number of carbonyl (C=O) groups is 1. The van der Waals surface area contributed by atoms with Crippen molar-refractivity contribution in [3.63, 3.8) is 0 Å². The lowest BCUT2D eigenvalue weighted by Crippen LogP contribution is -2.36. The largest absolute Gasteiger partial charge is 0.481 e. The Bertz CT molecular complexity index is 383. The van der Waals surface area contributed by atoms with Crippen molar-refractivity contribution in [2.24, 2.45) is 0 Å². The summed E-state index contributed by atoms with van der Waals surface area (Å²) in [6, 6.07) is 2.06. The highest BCUT2D eigenvalue weighted by molar-refractivity contribution is 5.69. The van der Waals surface area contributed by atoms with E-state index in [1.807, 2.05) is 13.1 Å². The third-order valence-corrected chi connectivity index (χ3v) is 3.29. The van der Waals surface area contributed by atoms with Crippen LogP contribution in [0, 0.1) is 6.92 Å². The molecule has 80 valence electrons. The zero-order valence-electron chi connectivity index (χ0n) is 8.86. The first-order valence-electron chi connectivity index (χ1n) is 5.26. The van der Waals surface area contributed by atoms with E-state index >= 15 is 0 Å². The standard InChI is InChI=1S/C12H15NO2/c1-9-5-10(8-13-7-9)12(3-2-4-12)6-11(14)15/h5,7-8H,2-4,6H2,1H3,(H,14,15). The minimum atomic E-state index is -0.712. The van der Waals surface area contributed by atoms with Crippen molar-refractivity contribution in [2.45, 2.75) is 38.0 Å². The molecule has 0 bridgehead atoms. The van der Waals surface area contributed by atoms with Gasteiger partial charge in [-0.1, -0.05) is 12.5 Å². The molecule has 1 aromatic rings. The van der Waals surface area contributed by atoms with Crippen molar-refractivity contribution in [3.8, 4) is 0 Å². The second kappa shape index (κ2) is 3.65. The monoisotopic (exact) mass is 205 g/mol. The van der Waals surface area contributed by atoms with Crippen molar-refractivity contribution in [1.82, 2.24) is 4.98 Å². The van der Waals surface area contributed by atoms with Crippen LogP contribution in [0.2, 0.25) is 0 Å². The summed E-state index contributed by atoms with van der Waals surface area (Å²) in [4.78, 5) is 15.0. The van der Waals surface area contributed by atoms with Gasteiger partial charge in [0.1, 0.15) is 0 Å². The molecule has 1 aliphatic rings. The van der Waals surface area contributed by atoms with Gasteiger partial charge in [0.15, 0.2) is 0 Å². The summed E-state index contributed by atoms with van der Waals surface area (Å²) in [5.74, 6) is -0.712. The van der Waals surface area contributed by atoms with E-state index in [0.29, 0.717) is 0 Å². The Morgan fingerprint density at radius 2 is 2.27 bits per heavy atom. The average molecular weight is 205 g/mol. The van der Waals surface area contributed by atoms with Crippen LogP contribution in [0.4, 0.5) is 0 Å². The zero-order chi connectivity index (χ0) is 10.9. The number of rotatable bonds is 3. The van der Waals surface area contributed by atoms with Crippen molar-refractivity contribution in [2.75, 3.05) is 0 Å². The molecule has 0 radical (unpaired) electrons. The molecule has 3 nitrogen and oxygen atoms in total. The number of aryl methyl sites for hydroxylation is 1. The number of carboxylic acid groups (broad SMARTS) is 1. The van der Waals surface area contributed by atoms with Gasteiger partial charge in [-0.05, 0) is 30.9 Å². The minimum absolute atomic E-state index is 0.134. The number of hydrogen-bond donors (Lipinski definition) is 1. The minimum Gasteiger partial charge on any atom is -0.481 e. The Balaban J connectivity index is 2.29. The molecule has 0 aliphatic heterocycles. The summed E-state index contributed by atoms with van der Waals surface area (Å²) in [7, 11) is 0. The van der Waals surface area contributed by atoms with Crippen molar-refractivity contribution >= 4 is 5.97 Å². The highest BCUT2D eigenvalue weighted by Crippen LogP contribution is 2.46. The molecule has 2 rings (SSSR count). The first kappa shape index (κ1) is 10.1. The summed E-state index contributed by atoms with van der Waals surface area (Å²) in [5, 5.41) is 8.92. The molecule has 0 atom stereocenters. The van der Waals surface area contributed by atoms with Crippen LogP contribution in [0.15, 0.2) is 18.5 Å². The molecule has 1 fully saturated rings. The Hall–Kier alpha value is -1.38. The van der Waals surface area contributed by atoms with Crippen LogP contribution in [0.3, 0.4) is 0 Å². The molecule has 0 aromatic carbocycles. The highest BCUT2D eigenvalue weighted by Gasteiger charge is 2.40. The second-order valence-corrected chi connectivity index (χ2v) is 4.46. The Morgan fingerprint density at radius 1 is 1.53 bits per heavy atom. The number of aliphatic carboxylic acids is 1. The van der Waals surface area contributed by atoms with E-state index in [9.17, 15) is 4.79 Å². The number of carboxylic acids is 1. The fraction of sp³-hybridized carbons (Fsp3) is 0.500. The molecule has 0 saturated heterocycles. The van der Waals surface area contributed by atoms with Crippen molar-refractivity contribution in [1.29, 1.82) is 0 Å². The van der Waals surface area contributed by atoms with E-state index in [1.165, 1.54) is 0 Å². The molecule has 1 saturated carbocycles. The fourth-order valence-electron chi connectivity index (χ4n) is 2.31. The normalized spacial score (nSPS) is 18.2. The predicted octanol–water partition coefficient (Wildman–Crippen LogP) is 2.29. The van der Waals surface area contributed by atoms with Gasteiger partial charge in [-0.15, -0.1) is 0 Å². The first-order chi connectivity index (χ1) is 7.12. The second-order valence-electron chi connectivity index (χ2n) is 4.46. The fourth-order valence-corrected chi connectivity index (χ4v) is 2.31. The van der Waals surface area contributed by atoms with Crippen LogP contribution in [0.25, 0.3) is 0 Å². The Labute approximate surface area is 89.2 Å². The maximum Gasteiger partial charge on any atom is 0.304 e. The lowest BCUT2D eigenvalue weighted by atomic mass is 9.63. The van der Waals surface area contributed by atoms with Gasteiger partial charge in [-0.3, -0.25) is 9.78 Å². The van der Waals surface area contributed by atoms with Gasteiger partial charge in [0.2, 0.25) is 0 Å². The van der Waals surface area contributed by atoms with Crippen molar-refractivity contribution < 1.29 is 9.90 Å². The van der Waals surface area contributed by atoms with E-state index < -0.39 is 5.97 Å². The molecule has 0 unspecified atom stereocenters. The molecule has 0 spiro atoms. The van der Waals surface area contributed by atoms with Crippen LogP contribution in [0.5, 0.6) is 0 Å². The van der Waals surface area contributed by atoms with E-state index in [0.717, 1.165) is 30.4 Å². The summed E-state index contributed by atoms with van der Waals surface area (Å²) in [6.45, 7) is 1.99. The summed E-state index contributed by atoms with van der Waals surface area (Å²) in [5.41, 5.74) is 2.06. The number of hydrogen-bond acceptors (Lipinski definition) is 2. The highest BCUT2D eigenvalue weighted by atomic mass is 16.4. The maximum absolute atomic E-state index is 10.8. The zero-order valence-corrected chi connectivity index (χ0v) is 8.86. The predicted molar refractivity (Wildman–Crippen MR) is 56.8 cm³/mol. The van der Waals surface area contributed by atoms with E-state index in [4.69, 9.17) is 5.11 Å². The molecule has 1 aliphatic carbocycles. The SMILES string of the molecule is Cc1cncc(C2(CC(=O)O)CCC2)c1. The Kier molecular flexibility index (Phi) is 2.47. The van der Waals surface area contributed by atoms with Gasteiger partial charge in [0, 0.05) is 17.8 Å². The lowest BCUT2D eigenvalue weighted by Gasteiger charge is -2.41. The number of nitrogens with zero attached hydrogens (tertiary/aromatic N) is 1. The molecular weight excluding hydrogens is 190 g/mol. The number of aromatic nitrogens is 1. The van der Waals surface area contributed by atoms with Crippen LogP contribution in [-0.2, 0) is 10.2 Å². The van der Waals surface area contributed by atoms with Gasteiger partial charge >= 0.3 is 5.97 Å². The third kappa shape index (κ3) is 1.87. The third-order valence-electron chi connectivity index (χ3n) is 3.29. The van der Waals surface area contributed by atoms with Gasteiger partial charge in [-0.2, -0.15) is 0 Å². The Morgan fingerprint density at radius 3 is 2.73 bits per heavy atom. The molecule has 15 heavy (non-hydrogen) atoms. The molecule has 3 heteroatoms. The molecule has 1 aromatic heterocycles. The molecule has 0 amide bonds. The summed E-state index contributed by atoms with van der Waals surface area (Å²) < 4.78 is 0. The molecular formula is C12H15NO2. The van der Waals surface area contributed by atoms with Gasteiger partial charge in [0.25, 0.3) is 0 Å². The maximum atomic E-state index is 10.8. The van der Waals surface area contributed by atoms with Gasteiger partial charge < -0.3 is 5.11 Å². The first-order valence-corrected chi connectivity index (χ1v) is 5.26. The van der Waals surface area contributed by atoms with Gasteiger partial charge in [0.05, 0.1) is 6.42 Å². The molecule has 1 heterocycles. The number of pyridine rings is 1. The van der Waals surface area contributed by atoms with E-state index in [1.54, 1.807) is 6.20 Å². The average Bonchev–Trinajstić information content (AvgIpc) is 2.11. The van der Waals surface area contributed by atoms with Crippen LogP contribution < -0.4 is 0 Å². The topological polar surface area (TPSA) is 50.2 Å². The van der Waals surface area contributed by atoms with E-state index in [2.05, 4.69) is 11.1 Å².